The minimum Gasteiger partial charge on any atom is -0.135 e. The van der Waals surface area contributed by atoms with Gasteiger partial charge in [-0.15, -0.1) is 11.3 Å². The van der Waals surface area contributed by atoms with Gasteiger partial charge in [-0.1, -0.05) is 48.8 Å². The Balaban J connectivity index is 2.34. The van der Waals surface area contributed by atoms with Crippen LogP contribution in [0.2, 0.25) is 0 Å². The molecule has 3 rings (SSSR count). The van der Waals surface area contributed by atoms with Crippen LogP contribution in [0.5, 0.6) is 0 Å². The fourth-order valence-corrected chi connectivity index (χ4v) is 3.70. The molecule has 0 spiro atoms. The molecule has 0 aliphatic rings. The molecule has 18 heavy (non-hydrogen) atoms. The van der Waals surface area contributed by atoms with Gasteiger partial charge in [0, 0.05) is 24.6 Å². The fourth-order valence-electron chi connectivity index (χ4n) is 2.22. The SMILES string of the molecule is CC(C)(C)c1ccc2c(c1)sc1ccc(Br)cc12. The molecule has 3 aromatic rings. The van der Waals surface area contributed by atoms with E-state index in [9.17, 15) is 0 Å². The number of rotatable bonds is 0. The Hall–Kier alpha value is -0.860. The molecular formula is C16H15BrS. The summed E-state index contributed by atoms with van der Waals surface area (Å²) < 4.78 is 3.89. The molecule has 0 aliphatic carbocycles. The van der Waals surface area contributed by atoms with Gasteiger partial charge in [-0.3, -0.25) is 0 Å². The maximum atomic E-state index is 3.55. The summed E-state index contributed by atoms with van der Waals surface area (Å²) in [6.45, 7) is 6.79. The largest absolute Gasteiger partial charge is 0.135 e. The van der Waals surface area contributed by atoms with Crippen LogP contribution in [0.4, 0.5) is 0 Å². The van der Waals surface area contributed by atoms with Crippen molar-refractivity contribution in [1.82, 2.24) is 0 Å². The van der Waals surface area contributed by atoms with E-state index in [2.05, 4.69) is 73.1 Å². The van der Waals surface area contributed by atoms with Gasteiger partial charge in [-0.25, -0.2) is 0 Å². The lowest BCUT2D eigenvalue weighted by Gasteiger charge is -2.18. The summed E-state index contributed by atoms with van der Waals surface area (Å²) in [5.74, 6) is 0. The lowest BCUT2D eigenvalue weighted by molar-refractivity contribution is 0.591. The average molecular weight is 319 g/mol. The second-order valence-corrected chi connectivity index (χ2v) is 7.70. The lowest BCUT2D eigenvalue weighted by atomic mass is 9.87. The summed E-state index contributed by atoms with van der Waals surface area (Å²) in [4.78, 5) is 0. The highest BCUT2D eigenvalue weighted by molar-refractivity contribution is 9.10. The third-order valence-electron chi connectivity index (χ3n) is 3.30. The molecule has 0 fully saturated rings. The Labute approximate surface area is 120 Å². The molecule has 0 radical (unpaired) electrons. The van der Waals surface area contributed by atoms with Crippen LogP contribution >= 0.6 is 27.3 Å². The monoisotopic (exact) mass is 318 g/mol. The van der Waals surface area contributed by atoms with Gasteiger partial charge in [-0.2, -0.15) is 0 Å². The van der Waals surface area contributed by atoms with Gasteiger partial charge in [-0.05, 0) is 35.2 Å². The Kier molecular flexibility index (Phi) is 2.76. The van der Waals surface area contributed by atoms with Crippen molar-refractivity contribution in [2.45, 2.75) is 26.2 Å². The van der Waals surface area contributed by atoms with Gasteiger partial charge < -0.3 is 0 Å². The van der Waals surface area contributed by atoms with Crippen molar-refractivity contribution in [3.05, 3.63) is 46.4 Å². The number of hydrogen-bond donors (Lipinski definition) is 0. The van der Waals surface area contributed by atoms with Crippen molar-refractivity contribution in [3.8, 4) is 0 Å². The minimum absolute atomic E-state index is 0.213. The van der Waals surface area contributed by atoms with Crippen LogP contribution < -0.4 is 0 Å². The zero-order valence-corrected chi connectivity index (χ0v) is 13.2. The van der Waals surface area contributed by atoms with Crippen LogP contribution in [-0.4, -0.2) is 0 Å². The molecule has 0 amide bonds. The van der Waals surface area contributed by atoms with E-state index in [0.717, 1.165) is 4.47 Å². The van der Waals surface area contributed by atoms with Gasteiger partial charge in [0.15, 0.2) is 0 Å². The molecule has 1 heterocycles. The molecule has 0 nitrogen and oxygen atoms in total. The summed E-state index contributed by atoms with van der Waals surface area (Å²) >= 11 is 5.43. The van der Waals surface area contributed by atoms with E-state index in [-0.39, 0.29) is 5.41 Å². The molecule has 0 unspecified atom stereocenters. The van der Waals surface area contributed by atoms with E-state index in [1.165, 1.54) is 25.7 Å². The first-order chi connectivity index (χ1) is 8.45. The molecule has 1 aromatic heterocycles. The first-order valence-corrected chi connectivity index (χ1v) is 7.68. The number of halogens is 1. The van der Waals surface area contributed by atoms with E-state index in [4.69, 9.17) is 0 Å². The molecule has 0 aliphatic heterocycles. The zero-order valence-electron chi connectivity index (χ0n) is 10.8. The Morgan fingerprint density at radius 2 is 1.67 bits per heavy atom. The lowest BCUT2D eigenvalue weighted by Crippen LogP contribution is -2.10. The minimum atomic E-state index is 0.213. The second kappa shape index (κ2) is 4.07. The van der Waals surface area contributed by atoms with Gasteiger partial charge in [0.25, 0.3) is 0 Å². The summed E-state index contributed by atoms with van der Waals surface area (Å²) in [6, 6.07) is 13.4. The third kappa shape index (κ3) is 1.98. The molecule has 2 heteroatoms. The van der Waals surface area contributed by atoms with Gasteiger partial charge in [0.05, 0.1) is 0 Å². The fraction of sp³-hybridized carbons (Fsp3) is 0.250. The topological polar surface area (TPSA) is 0 Å². The van der Waals surface area contributed by atoms with Crippen LogP contribution in [0.15, 0.2) is 40.9 Å². The number of hydrogen-bond acceptors (Lipinski definition) is 1. The molecule has 92 valence electrons. The van der Waals surface area contributed by atoms with Gasteiger partial charge >= 0.3 is 0 Å². The van der Waals surface area contributed by atoms with Crippen LogP contribution in [0, 0.1) is 0 Å². The standard InChI is InChI=1S/C16H15BrS/c1-16(2,3)10-4-6-12-13-9-11(17)5-7-14(13)18-15(12)8-10/h4-9H,1-3H3. The molecule has 0 N–H and O–H groups in total. The first kappa shape index (κ1) is 12.2. The van der Waals surface area contributed by atoms with Gasteiger partial charge in [0.2, 0.25) is 0 Å². The van der Waals surface area contributed by atoms with Gasteiger partial charge in [0.1, 0.15) is 0 Å². The average Bonchev–Trinajstić information content (AvgIpc) is 2.65. The molecule has 0 saturated carbocycles. The summed E-state index contributed by atoms with van der Waals surface area (Å²) in [7, 11) is 0. The van der Waals surface area contributed by atoms with E-state index in [1.54, 1.807) is 0 Å². The highest BCUT2D eigenvalue weighted by Gasteiger charge is 2.15. The summed E-state index contributed by atoms with van der Waals surface area (Å²) in [5.41, 5.74) is 1.62. The van der Waals surface area contributed by atoms with Crippen molar-refractivity contribution in [2.75, 3.05) is 0 Å². The van der Waals surface area contributed by atoms with Crippen molar-refractivity contribution in [2.24, 2.45) is 0 Å². The van der Waals surface area contributed by atoms with Crippen LogP contribution in [0.3, 0.4) is 0 Å². The number of benzene rings is 2. The number of thiophene rings is 1. The third-order valence-corrected chi connectivity index (χ3v) is 4.93. The van der Waals surface area contributed by atoms with Crippen molar-refractivity contribution < 1.29 is 0 Å². The Bertz CT molecular complexity index is 732. The molecular weight excluding hydrogens is 304 g/mol. The summed E-state index contributed by atoms with van der Waals surface area (Å²) in [5, 5.41) is 2.72. The second-order valence-electron chi connectivity index (χ2n) is 5.70. The van der Waals surface area contributed by atoms with Crippen molar-refractivity contribution in [3.63, 3.8) is 0 Å². The van der Waals surface area contributed by atoms with Crippen LogP contribution in [0.25, 0.3) is 20.2 Å². The maximum absolute atomic E-state index is 3.55. The highest BCUT2D eigenvalue weighted by atomic mass is 79.9. The van der Waals surface area contributed by atoms with Crippen molar-refractivity contribution in [1.29, 1.82) is 0 Å². The van der Waals surface area contributed by atoms with Crippen LogP contribution in [-0.2, 0) is 5.41 Å². The van der Waals surface area contributed by atoms with E-state index >= 15 is 0 Å². The predicted molar refractivity (Wildman–Crippen MR) is 85.7 cm³/mol. The molecule has 0 atom stereocenters. The van der Waals surface area contributed by atoms with E-state index < -0.39 is 0 Å². The number of fused-ring (bicyclic) bond motifs is 3. The zero-order chi connectivity index (χ0) is 12.9. The maximum Gasteiger partial charge on any atom is 0.0358 e. The summed E-state index contributed by atoms with van der Waals surface area (Å²) in [6.07, 6.45) is 0. The molecule has 0 saturated heterocycles. The predicted octanol–water partition coefficient (Wildman–Crippen LogP) is 6.11. The highest BCUT2D eigenvalue weighted by Crippen LogP contribution is 2.37. The first-order valence-electron chi connectivity index (χ1n) is 6.07. The van der Waals surface area contributed by atoms with E-state index in [0.29, 0.717) is 0 Å². The quantitative estimate of drug-likeness (QED) is 0.468. The Morgan fingerprint density at radius 3 is 2.39 bits per heavy atom. The smallest absolute Gasteiger partial charge is 0.0358 e. The molecule has 2 aromatic carbocycles. The van der Waals surface area contributed by atoms with Crippen molar-refractivity contribution >= 4 is 47.4 Å². The molecule has 0 bridgehead atoms. The van der Waals surface area contributed by atoms with Crippen LogP contribution in [0.1, 0.15) is 26.3 Å². The Morgan fingerprint density at radius 1 is 0.889 bits per heavy atom. The van der Waals surface area contributed by atoms with E-state index in [1.807, 2.05) is 11.3 Å². The normalized spacial score (nSPS) is 12.4.